The Balaban J connectivity index is 0.00000135. The number of aliphatic imine (C=N–C) groups is 1. The van der Waals surface area contributed by atoms with Gasteiger partial charge in [0.2, 0.25) is 0 Å². The molecule has 3 rings (SSSR count). The average molecular weight is 559 g/mol. The van der Waals surface area contributed by atoms with Gasteiger partial charge in [-0.1, -0.05) is 113 Å². The monoisotopic (exact) mass is 558 g/mol. The van der Waals surface area contributed by atoms with Crippen LogP contribution in [0.3, 0.4) is 0 Å². The van der Waals surface area contributed by atoms with Crippen molar-refractivity contribution in [3.05, 3.63) is 101 Å². The van der Waals surface area contributed by atoms with E-state index in [1.807, 2.05) is 12.3 Å². The van der Waals surface area contributed by atoms with Crippen molar-refractivity contribution in [3.8, 4) is 0 Å². The van der Waals surface area contributed by atoms with Gasteiger partial charge >= 0.3 is 22.5 Å². The van der Waals surface area contributed by atoms with Crippen LogP contribution >= 0.6 is 0 Å². The van der Waals surface area contributed by atoms with Crippen molar-refractivity contribution in [1.82, 2.24) is 0 Å². The van der Waals surface area contributed by atoms with Crippen LogP contribution < -0.4 is 0 Å². The van der Waals surface area contributed by atoms with Gasteiger partial charge < -0.3 is 17.5 Å². The second kappa shape index (κ2) is 18.4. The third-order valence-corrected chi connectivity index (χ3v) is 6.10. The topological polar surface area (TPSA) is 52.8 Å². The van der Waals surface area contributed by atoms with Crippen molar-refractivity contribution < 1.29 is 26.0 Å². The molecule has 0 radical (unpaired) electrons. The van der Waals surface area contributed by atoms with Gasteiger partial charge in [-0.2, -0.15) is 0 Å². The first-order valence-electron chi connectivity index (χ1n) is 13.0. The molecule has 0 atom stereocenters. The van der Waals surface area contributed by atoms with Crippen molar-refractivity contribution in [1.29, 1.82) is 0 Å². The maximum atomic E-state index is 10.3. The molecule has 38 heavy (non-hydrogen) atoms. The zero-order chi connectivity index (χ0) is 26.5. The molecule has 0 amide bonds. The number of nitrogens with zero attached hydrogens (tertiary/aromatic N) is 2. The predicted octanol–water partition coefficient (Wildman–Crippen LogP) is 9.29. The van der Waals surface area contributed by atoms with Crippen LogP contribution in [0.5, 0.6) is 0 Å². The summed E-state index contributed by atoms with van der Waals surface area (Å²) in [6, 6.07) is 21.3. The Labute approximate surface area is 241 Å². The van der Waals surface area contributed by atoms with E-state index in [1.165, 1.54) is 29.4 Å². The average Bonchev–Trinajstić information content (AvgIpc) is 2.92. The number of carbonyl (C=O) groups excluding carboxylic acids is 1. The van der Waals surface area contributed by atoms with E-state index >= 15 is 0 Å². The molecule has 0 N–H and O–H groups in total. The van der Waals surface area contributed by atoms with Crippen LogP contribution in [-0.2, 0) is 51.7 Å². The summed E-state index contributed by atoms with van der Waals surface area (Å²) < 4.78 is 4.37. The van der Waals surface area contributed by atoms with Crippen molar-refractivity contribution in [2.45, 2.75) is 67.2 Å². The SMILES string of the molecule is CCc1cccc(CC)c1N=Cc1ccccc1[N-]c1c(CC)cccc1CC.COC(=O)C(C)C.[CH3-].[Ni+2]. The van der Waals surface area contributed by atoms with Crippen LogP contribution in [0.15, 0.2) is 65.7 Å². The van der Waals surface area contributed by atoms with Gasteiger partial charge in [-0.15, -0.1) is 11.4 Å². The first-order chi connectivity index (χ1) is 17.4. The Hall–Kier alpha value is -2.91. The van der Waals surface area contributed by atoms with E-state index in [-0.39, 0.29) is 35.8 Å². The second-order valence-corrected chi connectivity index (χ2v) is 8.87. The van der Waals surface area contributed by atoms with E-state index in [0.29, 0.717) is 0 Å². The van der Waals surface area contributed by atoms with Crippen molar-refractivity contribution in [2.75, 3.05) is 7.11 Å². The van der Waals surface area contributed by atoms with Gasteiger partial charge in [0.25, 0.3) is 0 Å². The third kappa shape index (κ3) is 9.76. The number of hydrogen-bond acceptors (Lipinski definition) is 3. The molecule has 0 saturated carbocycles. The smallest absolute Gasteiger partial charge is 0.657 e. The molecule has 3 aromatic carbocycles. The molecule has 0 aliphatic heterocycles. The number of carbonyl (C=O) groups is 1. The van der Waals surface area contributed by atoms with Gasteiger partial charge in [0, 0.05) is 6.21 Å². The largest absolute Gasteiger partial charge is 2.00 e. The Bertz CT molecular complexity index is 1110. The number of esters is 1. The molecule has 4 nitrogen and oxygen atoms in total. The van der Waals surface area contributed by atoms with E-state index < -0.39 is 0 Å². The minimum atomic E-state index is -0.153. The number of para-hydroxylation sites is 3. The van der Waals surface area contributed by atoms with E-state index in [1.54, 1.807) is 13.8 Å². The summed E-state index contributed by atoms with van der Waals surface area (Å²) in [5.74, 6) is -0.148. The second-order valence-electron chi connectivity index (χ2n) is 8.87. The van der Waals surface area contributed by atoms with Crippen molar-refractivity contribution in [3.63, 3.8) is 0 Å². The molecule has 0 aliphatic carbocycles. The maximum absolute atomic E-state index is 10.3. The standard InChI is InChI=1S/C27H31N2.C5H10O2.CH3.Ni/c1-5-20-14-11-15-21(6-2)26(20)28-19-24-13-9-10-18-25(24)29-27-22(7-3)16-12-17-23(27)8-4;1-4(2)5(6)7-3;;/h9-19H,5-8H2,1-4H3;4H,1-3H3;1H3;/q-1;;-1;+2. The number of hydrogen-bond donors (Lipinski definition) is 0. The van der Waals surface area contributed by atoms with Gasteiger partial charge in [0.15, 0.2) is 0 Å². The van der Waals surface area contributed by atoms with Crippen molar-refractivity contribution >= 4 is 29.2 Å². The molecule has 208 valence electrons. The van der Waals surface area contributed by atoms with Crippen LogP contribution in [0.1, 0.15) is 69.4 Å². The molecular formula is C33H44N2NiO2. The van der Waals surface area contributed by atoms with Gasteiger partial charge in [-0.25, -0.2) is 0 Å². The summed E-state index contributed by atoms with van der Waals surface area (Å²) in [6.45, 7) is 12.3. The molecule has 0 saturated heterocycles. The Morgan fingerprint density at radius 2 is 1.29 bits per heavy atom. The predicted molar refractivity (Wildman–Crippen MR) is 160 cm³/mol. The van der Waals surface area contributed by atoms with Gasteiger partial charge in [0.1, 0.15) is 0 Å². The summed E-state index contributed by atoms with van der Waals surface area (Å²) in [6.07, 6.45) is 5.90. The molecule has 0 bridgehead atoms. The summed E-state index contributed by atoms with van der Waals surface area (Å²) in [5.41, 5.74) is 9.41. The Morgan fingerprint density at radius 3 is 1.71 bits per heavy atom. The summed E-state index contributed by atoms with van der Waals surface area (Å²) >= 11 is 0. The quantitative estimate of drug-likeness (QED) is 0.114. The van der Waals surface area contributed by atoms with Gasteiger partial charge in [0.05, 0.1) is 18.7 Å². The molecule has 0 spiro atoms. The fourth-order valence-corrected chi connectivity index (χ4v) is 3.93. The minimum absolute atomic E-state index is 0. The maximum Gasteiger partial charge on any atom is 2.00 e. The summed E-state index contributed by atoms with van der Waals surface area (Å²) in [4.78, 5) is 15.2. The first kappa shape index (κ1) is 35.1. The van der Waals surface area contributed by atoms with Gasteiger partial charge in [-0.3, -0.25) is 9.79 Å². The molecule has 0 heterocycles. The van der Waals surface area contributed by atoms with Crippen LogP contribution in [0, 0.1) is 13.3 Å². The van der Waals surface area contributed by atoms with Crippen LogP contribution in [0.2, 0.25) is 0 Å². The van der Waals surface area contributed by atoms with Gasteiger partial charge in [-0.05, 0) is 42.4 Å². The number of rotatable bonds is 9. The summed E-state index contributed by atoms with van der Waals surface area (Å²) in [5, 5.41) is 5.09. The van der Waals surface area contributed by atoms with Crippen molar-refractivity contribution in [2.24, 2.45) is 10.9 Å². The Morgan fingerprint density at radius 1 is 0.816 bits per heavy atom. The van der Waals surface area contributed by atoms with E-state index in [2.05, 4.69) is 87.0 Å². The first-order valence-corrected chi connectivity index (χ1v) is 13.0. The molecule has 5 heteroatoms. The molecule has 3 aromatic rings. The fourth-order valence-electron chi connectivity index (χ4n) is 3.93. The fraction of sp³-hybridized carbons (Fsp3) is 0.364. The summed E-state index contributed by atoms with van der Waals surface area (Å²) in [7, 11) is 1.39. The molecular weight excluding hydrogens is 515 g/mol. The van der Waals surface area contributed by atoms with E-state index in [9.17, 15) is 4.79 Å². The Kier molecular flexibility index (Phi) is 17.0. The molecule has 0 fully saturated rings. The van der Waals surface area contributed by atoms with E-state index in [0.717, 1.165) is 48.3 Å². The molecule has 0 aromatic heterocycles. The number of methoxy groups -OCH3 is 1. The zero-order valence-electron chi connectivity index (χ0n) is 24.3. The molecule has 0 unspecified atom stereocenters. The van der Waals surface area contributed by atoms with Crippen LogP contribution in [-0.4, -0.2) is 19.3 Å². The molecule has 0 aliphatic rings. The van der Waals surface area contributed by atoms with E-state index in [4.69, 9.17) is 10.3 Å². The normalized spacial score (nSPS) is 10.2. The van der Waals surface area contributed by atoms with Crippen LogP contribution in [0.4, 0.5) is 17.1 Å². The number of ether oxygens (including phenoxy) is 1. The number of aryl methyl sites for hydroxylation is 4. The number of benzene rings is 3. The third-order valence-electron chi connectivity index (χ3n) is 6.10. The van der Waals surface area contributed by atoms with Crippen LogP contribution in [0.25, 0.3) is 5.32 Å². The minimum Gasteiger partial charge on any atom is -0.657 e. The zero-order valence-corrected chi connectivity index (χ0v) is 25.3.